The lowest BCUT2D eigenvalue weighted by Gasteiger charge is -1.98. The third-order valence-electron chi connectivity index (χ3n) is 3.41. The number of rotatable bonds is 3. The molecule has 100 valence electrons. The molecule has 0 bridgehead atoms. The van der Waals surface area contributed by atoms with Crippen LogP contribution < -0.4 is 0 Å². The van der Waals surface area contributed by atoms with E-state index in [9.17, 15) is 4.79 Å². The molecule has 0 radical (unpaired) electrons. The first-order valence-corrected chi connectivity index (χ1v) is 7.56. The van der Waals surface area contributed by atoms with Crippen molar-refractivity contribution in [2.24, 2.45) is 0 Å². The van der Waals surface area contributed by atoms with Gasteiger partial charge in [-0.05, 0) is 25.0 Å². The van der Waals surface area contributed by atoms with E-state index in [1.165, 1.54) is 12.8 Å². The maximum absolute atomic E-state index is 11.4. The second-order valence-electron chi connectivity index (χ2n) is 4.88. The number of imidazole rings is 1. The highest BCUT2D eigenvalue weighted by Gasteiger charge is 2.29. The second kappa shape index (κ2) is 4.40. The van der Waals surface area contributed by atoms with E-state index in [0.29, 0.717) is 22.3 Å². The first-order chi connectivity index (χ1) is 9.76. The van der Waals surface area contributed by atoms with Crippen molar-refractivity contribution in [3.63, 3.8) is 0 Å². The van der Waals surface area contributed by atoms with E-state index in [0.717, 1.165) is 21.8 Å². The van der Waals surface area contributed by atoms with Gasteiger partial charge in [0.1, 0.15) is 16.4 Å². The average Bonchev–Trinajstić information content (AvgIpc) is 3.13. The number of hydrogen-bond acceptors (Lipinski definition) is 4. The lowest BCUT2D eigenvalue weighted by molar-refractivity contribution is 0.111. The molecule has 0 saturated heterocycles. The van der Waals surface area contributed by atoms with Crippen LogP contribution in [0.25, 0.3) is 16.2 Å². The fourth-order valence-corrected chi connectivity index (χ4v) is 3.40. The average molecular weight is 304 g/mol. The molecule has 2 heterocycles. The molecule has 1 aliphatic carbocycles. The molecule has 0 amide bonds. The molecule has 1 fully saturated rings. The third kappa shape index (κ3) is 1.85. The second-order valence-corrected chi connectivity index (χ2v) is 6.30. The van der Waals surface area contributed by atoms with Crippen molar-refractivity contribution in [1.82, 2.24) is 14.6 Å². The van der Waals surface area contributed by atoms with Crippen LogP contribution in [0, 0.1) is 0 Å². The van der Waals surface area contributed by atoms with Crippen molar-refractivity contribution < 1.29 is 4.79 Å². The molecule has 1 saturated carbocycles. The SMILES string of the molecule is O=Cc1c(-c2ccc(Cl)cc2)nc2sc(C3CC3)nn12. The number of aldehydes is 1. The van der Waals surface area contributed by atoms with Gasteiger partial charge in [0, 0.05) is 16.5 Å². The Balaban J connectivity index is 1.88. The van der Waals surface area contributed by atoms with E-state index < -0.39 is 0 Å². The summed E-state index contributed by atoms with van der Waals surface area (Å²) in [4.78, 5) is 16.8. The smallest absolute Gasteiger partial charge is 0.213 e. The monoisotopic (exact) mass is 303 g/mol. The van der Waals surface area contributed by atoms with Gasteiger partial charge in [-0.3, -0.25) is 4.79 Å². The van der Waals surface area contributed by atoms with Crippen LogP contribution in [-0.4, -0.2) is 20.9 Å². The molecule has 0 spiro atoms. The van der Waals surface area contributed by atoms with Gasteiger partial charge in [0.2, 0.25) is 4.96 Å². The zero-order chi connectivity index (χ0) is 13.7. The molecule has 6 heteroatoms. The zero-order valence-corrected chi connectivity index (χ0v) is 12.0. The number of halogens is 1. The molecular weight excluding hydrogens is 294 g/mol. The quantitative estimate of drug-likeness (QED) is 0.691. The number of carbonyl (C=O) groups is 1. The van der Waals surface area contributed by atoms with Crippen LogP contribution in [-0.2, 0) is 0 Å². The number of hydrogen-bond donors (Lipinski definition) is 0. The topological polar surface area (TPSA) is 47.3 Å². The standard InChI is InChI=1S/C14H10ClN3OS/c15-10-5-3-8(4-6-10)12-11(7-19)18-14(16-12)20-13(17-18)9-1-2-9/h3-7,9H,1-2H2. The van der Waals surface area contributed by atoms with E-state index in [1.807, 2.05) is 12.1 Å². The molecule has 1 aliphatic rings. The minimum absolute atomic E-state index is 0.505. The van der Waals surface area contributed by atoms with Crippen LogP contribution in [0.5, 0.6) is 0 Å². The highest BCUT2D eigenvalue weighted by atomic mass is 35.5. The molecular formula is C14H10ClN3OS. The van der Waals surface area contributed by atoms with Crippen molar-refractivity contribution in [3.05, 3.63) is 40.0 Å². The molecule has 4 nitrogen and oxygen atoms in total. The Morgan fingerprint density at radius 2 is 2.05 bits per heavy atom. The fourth-order valence-electron chi connectivity index (χ4n) is 2.20. The Hall–Kier alpha value is -1.72. The molecule has 4 rings (SSSR count). The van der Waals surface area contributed by atoms with Crippen molar-refractivity contribution >= 4 is 34.2 Å². The van der Waals surface area contributed by atoms with Gasteiger partial charge in [-0.25, -0.2) is 4.98 Å². The Bertz CT molecular complexity index is 802. The van der Waals surface area contributed by atoms with Crippen LogP contribution in [0.15, 0.2) is 24.3 Å². The summed E-state index contributed by atoms with van der Waals surface area (Å²) in [7, 11) is 0. The molecule has 1 aromatic carbocycles. The van der Waals surface area contributed by atoms with Crippen LogP contribution in [0.3, 0.4) is 0 Å². The predicted octanol–water partition coefficient (Wildman–Crippen LogP) is 3.80. The van der Waals surface area contributed by atoms with E-state index in [-0.39, 0.29) is 0 Å². The van der Waals surface area contributed by atoms with Crippen molar-refractivity contribution in [2.75, 3.05) is 0 Å². The maximum atomic E-state index is 11.4. The first-order valence-electron chi connectivity index (χ1n) is 6.37. The van der Waals surface area contributed by atoms with Gasteiger partial charge in [-0.2, -0.15) is 9.61 Å². The Morgan fingerprint density at radius 1 is 1.30 bits per heavy atom. The van der Waals surface area contributed by atoms with Crippen LogP contribution in [0.4, 0.5) is 0 Å². The number of fused-ring (bicyclic) bond motifs is 1. The van der Waals surface area contributed by atoms with E-state index in [2.05, 4.69) is 10.1 Å². The summed E-state index contributed by atoms with van der Waals surface area (Å²) in [5.74, 6) is 0.570. The molecule has 3 aromatic rings. The largest absolute Gasteiger partial charge is 0.296 e. The lowest BCUT2D eigenvalue weighted by atomic mass is 10.1. The summed E-state index contributed by atoms with van der Waals surface area (Å²) in [6, 6.07) is 7.32. The summed E-state index contributed by atoms with van der Waals surface area (Å²) in [6.07, 6.45) is 3.20. The van der Waals surface area contributed by atoms with Gasteiger partial charge < -0.3 is 0 Å². The van der Waals surface area contributed by atoms with Crippen molar-refractivity contribution in [2.45, 2.75) is 18.8 Å². The highest BCUT2D eigenvalue weighted by Crippen LogP contribution is 2.42. The maximum Gasteiger partial charge on any atom is 0.213 e. The highest BCUT2D eigenvalue weighted by molar-refractivity contribution is 7.16. The van der Waals surface area contributed by atoms with Crippen molar-refractivity contribution in [1.29, 1.82) is 0 Å². The fraction of sp³-hybridized carbons (Fsp3) is 0.214. The third-order valence-corrected chi connectivity index (χ3v) is 4.73. The molecule has 20 heavy (non-hydrogen) atoms. The van der Waals surface area contributed by atoms with Crippen molar-refractivity contribution in [3.8, 4) is 11.3 Å². The van der Waals surface area contributed by atoms with Gasteiger partial charge in [0.05, 0.1) is 0 Å². The summed E-state index contributed by atoms with van der Waals surface area (Å²) in [5, 5.41) is 6.27. The summed E-state index contributed by atoms with van der Waals surface area (Å²) < 4.78 is 1.66. The molecule has 0 N–H and O–H groups in total. The van der Waals surface area contributed by atoms with Gasteiger partial charge in [-0.1, -0.05) is 35.1 Å². The van der Waals surface area contributed by atoms with Crippen LogP contribution in [0.1, 0.15) is 34.3 Å². The van der Waals surface area contributed by atoms with Crippen LogP contribution in [0.2, 0.25) is 5.02 Å². The van der Waals surface area contributed by atoms with Gasteiger partial charge in [0.25, 0.3) is 0 Å². The van der Waals surface area contributed by atoms with E-state index in [1.54, 1.807) is 28.0 Å². The van der Waals surface area contributed by atoms with E-state index in [4.69, 9.17) is 11.6 Å². The number of aromatic nitrogens is 3. The number of carbonyl (C=O) groups excluding carboxylic acids is 1. The normalized spacial score (nSPS) is 14.8. The number of benzene rings is 1. The molecule has 2 aromatic heterocycles. The minimum atomic E-state index is 0.505. The van der Waals surface area contributed by atoms with Gasteiger partial charge in [0.15, 0.2) is 6.29 Å². The summed E-state index contributed by atoms with van der Waals surface area (Å²) in [5.41, 5.74) is 2.05. The molecule has 0 atom stereocenters. The molecule has 0 unspecified atom stereocenters. The summed E-state index contributed by atoms with van der Waals surface area (Å²) in [6.45, 7) is 0. The summed E-state index contributed by atoms with van der Waals surface area (Å²) >= 11 is 7.46. The number of nitrogens with zero attached hydrogens (tertiary/aromatic N) is 3. The van der Waals surface area contributed by atoms with E-state index >= 15 is 0 Å². The zero-order valence-electron chi connectivity index (χ0n) is 10.4. The van der Waals surface area contributed by atoms with Gasteiger partial charge >= 0.3 is 0 Å². The Morgan fingerprint density at radius 3 is 2.70 bits per heavy atom. The van der Waals surface area contributed by atoms with Crippen LogP contribution >= 0.6 is 22.9 Å². The van der Waals surface area contributed by atoms with Gasteiger partial charge in [-0.15, -0.1) is 0 Å². The Labute approximate surface area is 124 Å². The molecule has 0 aliphatic heterocycles. The Kier molecular flexibility index (Phi) is 2.65. The lowest BCUT2D eigenvalue weighted by Crippen LogP contribution is -1.94. The minimum Gasteiger partial charge on any atom is -0.296 e. The first kappa shape index (κ1) is 12.1. The predicted molar refractivity (Wildman–Crippen MR) is 78.7 cm³/mol.